The Balaban J connectivity index is 1.63. The third-order valence-corrected chi connectivity index (χ3v) is 6.18. The summed E-state index contributed by atoms with van der Waals surface area (Å²) < 4.78 is 5.33. The lowest BCUT2D eigenvalue weighted by molar-refractivity contribution is -0.135. The normalized spacial score (nSPS) is 27.2. The Hall–Kier alpha value is -1.49. The van der Waals surface area contributed by atoms with Crippen LogP contribution >= 0.6 is 11.8 Å². The van der Waals surface area contributed by atoms with Crippen molar-refractivity contribution in [3.8, 4) is 0 Å². The molecule has 0 aromatic heterocycles. The SMILES string of the molecule is CSc1ccccc1C(=O)OCC(=O)N1C[C@@]2(C)C[C@@H]1CC(C)(C)C2. The Morgan fingerprint density at radius 3 is 2.68 bits per heavy atom. The zero-order chi connectivity index (χ0) is 18.2. The fourth-order valence-corrected chi connectivity index (χ4v) is 5.44. The Bertz CT molecular complexity index is 687. The molecule has 2 fully saturated rings. The monoisotopic (exact) mass is 361 g/mol. The van der Waals surface area contributed by atoms with E-state index in [9.17, 15) is 9.59 Å². The van der Waals surface area contributed by atoms with Crippen LogP contribution in [0.1, 0.15) is 50.4 Å². The van der Waals surface area contributed by atoms with Crippen molar-refractivity contribution in [2.24, 2.45) is 10.8 Å². The first kappa shape index (κ1) is 18.3. The van der Waals surface area contributed by atoms with Gasteiger partial charge in [-0.15, -0.1) is 11.8 Å². The van der Waals surface area contributed by atoms with Gasteiger partial charge in [-0.25, -0.2) is 4.79 Å². The Kier molecular flexibility index (Phi) is 4.89. The molecule has 136 valence electrons. The van der Waals surface area contributed by atoms with Gasteiger partial charge in [-0.05, 0) is 48.5 Å². The van der Waals surface area contributed by atoms with Crippen LogP contribution in [0.5, 0.6) is 0 Å². The molecule has 1 heterocycles. The minimum absolute atomic E-state index is 0.0681. The molecule has 1 aliphatic heterocycles. The first-order valence-corrected chi connectivity index (χ1v) is 10.1. The molecule has 5 heteroatoms. The number of ether oxygens (including phenoxy) is 1. The number of thioether (sulfide) groups is 1. The summed E-state index contributed by atoms with van der Waals surface area (Å²) in [5.41, 5.74) is 0.981. The van der Waals surface area contributed by atoms with Crippen LogP contribution in [0, 0.1) is 10.8 Å². The average molecular weight is 362 g/mol. The van der Waals surface area contributed by atoms with Crippen LogP contribution in [-0.4, -0.2) is 42.2 Å². The third kappa shape index (κ3) is 3.86. The van der Waals surface area contributed by atoms with Crippen molar-refractivity contribution in [2.45, 2.75) is 51.0 Å². The van der Waals surface area contributed by atoms with Gasteiger partial charge >= 0.3 is 5.97 Å². The fourth-order valence-electron chi connectivity index (χ4n) is 4.85. The van der Waals surface area contributed by atoms with Crippen LogP contribution in [0.3, 0.4) is 0 Å². The number of nitrogens with zero attached hydrogens (tertiary/aromatic N) is 1. The highest BCUT2D eigenvalue weighted by atomic mass is 32.2. The van der Waals surface area contributed by atoms with Crippen molar-refractivity contribution in [2.75, 3.05) is 19.4 Å². The first-order chi connectivity index (χ1) is 11.7. The highest BCUT2D eigenvalue weighted by Crippen LogP contribution is 2.52. The van der Waals surface area contributed by atoms with Crippen molar-refractivity contribution >= 4 is 23.6 Å². The molecular weight excluding hydrogens is 334 g/mol. The lowest BCUT2D eigenvalue weighted by Crippen LogP contribution is -2.39. The predicted octanol–water partition coefficient (Wildman–Crippen LogP) is 3.99. The molecule has 1 aromatic carbocycles. The van der Waals surface area contributed by atoms with Crippen LogP contribution < -0.4 is 0 Å². The molecule has 1 aliphatic carbocycles. The number of amides is 1. The number of fused-ring (bicyclic) bond motifs is 2. The number of hydrogen-bond acceptors (Lipinski definition) is 4. The molecule has 2 atom stereocenters. The maximum absolute atomic E-state index is 12.7. The third-order valence-electron chi connectivity index (χ3n) is 5.39. The molecule has 2 bridgehead atoms. The van der Waals surface area contributed by atoms with Gasteiger partial charge in [0, 0.05) is 17.5 Å². The van der Waals surface area contributed by atoms with E-state index in [1.165, 1.54) is 11.8 Å². The number of benzene rings is 1. The Labute approximate surface area is 154 Å². The van der Waals surface area contributed by atoms with Crippen LogP contribution in [0.2, 0.25) is 0 Å². The smallest absolute Gasteiger partial charge is 0.339 e. The number of likely N-dealkylation sites (tertiary alicyclic amines) is 1. The van der Waals surface area contributed by atoms with Crippen LogP contribution in [0.25, 0.3) is 0 Å². The van der Waals surface area contributed by atoms with Gasteiger partial charge in [0.1, 0.15) is 0 Å². The van der Waals surface area contributed by atoms with Gasteiger partial charge in [-0.3, -0.25) is 4.79 Å². The molecule has 0 unspecified atom stereocenters. The summed E-state index contributed by atoms with van der Waals surface area (Å²) in [6.07, 6.45) is 5.15. The van der Waals surface area contributed by atoms with Crippen molar-refractivity contribution in [3.05, 3.63) is 29.8 Å². The summed E-state index contributed by atoms with van der Waals surface area (Å²) >= 11 is 1.50. The number of hydrogen-bond donors (Lipinski definition) is 0. The molecule has 3 rings (SSSR count). The molecule has 1 saturated carbocycles. The van der Waals surface area contributed by atoms with E-state index in [0.29, 0.717) is 5.56 Å². The molecule has 1 aromatic rings. The summed E-state index contributed by atoms with van der Waals surface area (Å²) in [6, 6.07) is 7.60. The first-order valence-electron chi connectivity index (χ1n) is 8.83. The molecule has 2 aliphatic rings. The van der Waals surface area contributed by atoms with Gasteiger partial charge in [-0.1, -0.05) is 32.9 Å². The quantitative estimate of drug-likeness (QED) is 0.601. The molecule has 0 radical (unpaired) electrons. The van der Waals surface area contributed by atoms with Gasteiger partial charge in [0.05, 0.1) is 5.56 Å². The summed E-state index contributed by atoms with van der Waals surface area (Å²) in [7, 11) is 0. The topological polar surface area (TPSA) is 46.6 Å². The van der Waals surface area contributed by atoms with E-state index < -0.39 is 5.97 Å². The lowest BCUT2D eigenvalue weighted by Gasteiger charge is -2.39. The molecule has 0 N–H and O–H groups in total. The summed E-state index contributed by atoms with van der Waals surface area (Å²) in [5.74, 6) is -0.492. The maximum atomic E-state index is 12.7. The molecule has 1 amide bonds. The van der Waals surface area contributed by atoms with Gasteiger partial charge in [0.15, 0.2) is 6.61 Å². The summed E-state index contributed by atoms with van der Waals surface area (Å²) in [6.45, 7) is 7.44. The standard InChI is InChI=1S/C20H27NO3S/c1-19(2)9-14-10-20(3,12-19)13-21(14)17(22)11-24-18(23)15-7-5-6-8-16(15)25-4/h5-8,14H,9-13H2,1-4H3/t14-,20-/m0/s1. The number of carbonyl (C=O) groups is 2. The zero-order valence-electron chi connectivity index (χ0n) is 15.5. The van der Waals surface area contributed by atoms with E-state index in [4.69, 9.17) is 4.74 Å². The number of rotatable bonds is 4. The number of esters is 1. The second kappa shape index (κ2) is 6.67. The minimum Gasteiger partial charge on any atom is -0.452 e. The predicted molar refractivity (Wildman–Crippen MR) is 99.7 cm³/mol. The molecular formula is C20H27NO3S. The van der Waals surface area contributed by atoms with Crippen molar-refractivity contribution in [1.82, 2.24) is 4.90 Å². The van der Waals surface area contributed by atoms with Gasteiger partial charge < -0.3 is 9.64 Å². The van der Waals surface area contributed by atoms with Crippen LogP contribution in [0.15, 0.2) is 29.2 Å². The van der Waals surface area contributed by atoms with Gasteiger partial charge in [-0.2, -0.15) is 0 Å². The molecule has 25 heavy (non-hydrogen) atoms. The molecule has 1 saturated heterocycles. The fraction of sp³-hybridized carbons (Fsp3) is 0.600. The second-order valence-corrected chi connectivity index (χ2v) is 9.36. The van der Waals surface area contributed by atoms with E-state index >= 15 is 0 Å². The van der Waals surface area contributed by atoms with E-state index in [0.717, 1.165) is 30.7 Å². The van der Waals surface area contributed by atoms with Crippen LogP contribution in [-0.2, 0) is 9.53 Å². The highest BCUT2D eigenvalue weighted by Gasteiger charge is 2.50. The van der Waals surface area contributed by atoms with E-state index in [1.807, 2.05) is 29.4 Å². The van der Waals surface area contributed by atoms with Gasteiger partial charge in [0.25, 0.3) is 5.91 Å². The highest BCUT2D eigenvalue weighted by molar-refractivity contribution is 7.98. The summed E-state index contributed by atoms with van der Waals surface area (Å²) in [5, 5.41) is 0. The average Bonchev–Trinajstić information content (AvgIpc) is 2.81. The maximum Gasteiger partial charge on any atom is 0.339 e. The van der Waals surface area contributed by atoms with Gasteiger partial charge in [0.2, 0.25) is 0 Å². The van der Waals surface area contributed by atoms with Crippen molar-refractivity contribution in [3.63, 3.8) is 0 Å². The Morgan fingerprint density at radius 1 is 1.24 bits per heavy atom. The van der Waals surface area contributed by atoms with E-state index in [2.05, 4.69) is 20.8 Å². The molecule has 0 spiro atoms. The van der Waals surface area contributed by atoms with Crippen molar-refractivity contribution in [1.29, 1.82) is 0 Å². The number of carbonyl (C=O) groups excluding carboxylic acids is 2. The zero-order valence-corrected chi connectivity index (χ0v) is 16.3. The van der Waals surface area contributed by atoms with Crippen LogP contribution in [0.4, 0.5) is 0 Å². The van der Waals surface area contributed by atoms with Crippen molar-refractivity contribution < 1.29 is 14.3 Å². The van der Waals surface area contributed by atoms with E-state index in [1.54, 1.807) is 6.07 Å². The Morgan fingerprint density at radius 2 is 1.96 bits per heavy atom. The van der Waals surface area contributed by atoms with E-state index in [-0.39, 0.29) is 29.4 Å². The molecule has 4 nitrogen and oxygen atoms in total. The second-order valence-electron chi connectivity index (χ2n) is 8.51. The largest absolute Gasteiger partial charge is 0.452 e. The lowest BCUT2D eigenvalue weighted by atomic mass is 9.65. The summed E-state index contributed by atoms with van der Waals surface area (Å²) in [4.78, 5) is 27.8. The minimum atomic E-state index is -0.424.